The van der Waals surface area contributed by atoms with Crippen molar-refractivity contribution in [2.45, 2.75) is 86.0 Å². The molecule has 2 unspecified atom stereocenters. The van der Waals surface area contributed by atoms with Crippen LogP contribution in [0.25, 0.3) is 0 Å². The highest BCUT2D eigenvalue weighted by Gasteiger charge is 2.78. The molecule has 1 saturated carbocycles. The summed E-state index contributed by atoms with van der Waals surface area (Å²) >= 11 is 1.69. The van der Waals surface area contributed by atoms with E-state index in [9.17, 15) is 9.90 Å². The lowest BCUT2D eigenvalue weighted by Gasteiger charge is -2.42. The molecule has 2 aromatic carbocycles. The molecule has 1 spiro atoms. The summed E-state index contributed by atoms with van der Waals surface area (Å²) in [7, 11) is 0. The number of hydrogen-bond donors (Lipinski definition) is 1. The molecule has 2 aromatic rings. The van der Waals surface area contributed by atoms with E-state index in [1.807, 2.05) is 70.5 Å². The molecular formula is C38H47N3O4S. The van der Waals surface area contributed by atoms with Gasteiger partial charge in [-0.05, 0) is 43.7 Å². The van der Waals surface area contributed by atoms with E-state index in [0.717, 1.165) is 49.7 Å². The molecule has 7 nitrogen and oxygen atoms in total. The van der Waals surface area contributed by atoms with Crippen LogP contribution in [0.4, 0.5) is 0 Å². The van der Waals surface area contributed by atoms with Gasteiger partial charge in [-0.1, -0.05) is 92.1 Å². The number of hydrogen-bond acceptors (Lipinski definition) is 5. The Labute approximate surface area is 277 Å². The molecule has 4 fully saturated rings. The van der Waals surface area contributed by atoms with Gasteiger partial charge in [0.15, 0.2) is 0 Å². The molecule has 244 valence electrons. The molecule has 1 N–H and O–H groups in total. The molecular weight excluding hydrogens is 595 g/mol. The Morgan fingerprint density at radius 3 is 2.26 bits per heavy atom. The van der Waals surface area contributed by atoms with Crippen molar-refractivity contribution in [3.05, 3.63) is 97.1 Å². The molecule has 3 aliphatic heterocycles. The maximum Gasteiger partial charge on any atom is 0.247 e. The van der Waals surface area contributed by atoms with E-state index in [2.05, 4.69) is 20.1 Å². The number of aliphatic hydroxyl groups is 1. The first-order valence-corrected chi connectivity index (χ1v) is 17.6. The third-order valence-corrected chi connectivity index (χ3v) is 12.9. The van der Waals surface area contributed by atoms with Gasteiger partial charge in [0.25, 0.3) is 0 Å². The van der Waals surface area contributed by atoms with E-state index in [4.69, 9.17) is 0 Å². The number of carbonyl (C=O) groups is 3. The Bertz CT molecular complexity index is 1450. The number of aliphatic hydroxyl groups excluding tert-OH is 1. The van der Waals surface area contributed by atoms with E-state index in [1.165, 1.54) is 0 Å². The van der Waals surface area contributed by atoms with Crippen LogP contribution in [0.2, 0.25) is 0 Å². The van der Waals surface area contributed by atoms with E-state index in [1.54, 1.807) is 28.8 Å². The van der Waals surface area contributed by atoms with Crippen molar-refractivity contribution in [2.24, 2.45) is 11.8 Å². The van der Waals surface area contributed by atoms with E-state index in [0.29, 0.717) is 26.1 Å². The molecule has 46 heavy (non-hydrogen) atoms. The number of nitrogens with zero attached hydrogens (tertiary/aromatic N) is 3. The normalized spacial score (nSPS) is 29.3. The zero-order valence-corrected chi connectivity index (χ0v) is 27.7. The van der Waals surface area contributed by atoms with Crippen LogP contribution in [0, 0.1) is 11.8 Å². The minimum atomic E-state index is -0.796. The average molecular weight is 642 g/mol. The molecule has 0 radical (unpaired) electrons. The van der Waals surface area contributed by atoms with Crippen molar-refractivity contribution < 1.29 is 19.5 Å². The van der Waals surface area contributed by atoms with E-state index >= 15 is 9.59 Å². The van der Waals surface area contributed by atoms with Gasteiger partial charge in [-0.3, -0.25) is 14.4 Å². The third-order valence-electron chi connectivity index (χ3n) is 10.9. The smallest absolute Gasteiger partial charge is 0.247 e. The Hall–Kier alpha value is -3.36. The fourth-order valence-electron chi connectivity index (χ4n) is 8.88. The predicted octanol–water partition coefficient (Wildman–Crippen LogP) is 5.76. The summed E-state index contributed by atoms with van der Waals surface area (Å²) in [6.45, 7) is 10.9. The van der Waals surface area contributed by atoms with Gasteiger partial charge in [0.05, 0.1) is 29.2 Å². The summed E-state index contributed by atoms with van der Waals surface area (Å²) in [6, 6.07) is 18.0. The van der Waals surface area contributed by atoms with Gasteiger partial charge in [0, 0.05) is 30.4 Å². The van der Waals surface area contributed by atoms with Crippen LogP contribution in [0.15, 0.2) is 86.0 Å². The van der Waals surface area contributed by atoms with Gasteiger partial charge in [0.1, 0.15) is 6.04 Å². The number of likely N-dealkylation sites (tertiary alicyclic amines) is 1. The van der Waals surface area contributed by atoms with Gasteiger partial charge in [-0.2, -0.15) is 0 Å². The van der Waals surface area contributed by atoms with Crippen molar-refractivity contribution in [1.29, 1.82) is 0 Å². The lowest BCUT2D eigenvalue weighted by atomic mass is 9.66. The zero-order valence-electron chi connectivity index (χ0n) is 26.9. The molecule has 6 atom stereocenters. The van der Waals surface area contributed by atoms with Crippen LogP contribution in [-0.2, 0) is 20.9 Å². The van der Waals surface area contributed by atoms with Crippen LogP contribution in [0.3, 0.4) is 0 Å². The summed E-state index contributed by atoms with van der Waals surface area (Å²) in [5.74, 6) is -1.61. The monoisotopic (exact) mass is 641 g/mol. The highest BCUT2D eigenvalue weighted by molar-refractivity contribution is 8.02. The van der Waals surface area contributed by atoms with Crippen molar-refractivity contribution >= 4 is 29.5 Å². The fourth-order valence-corrected chi connectivity index (χ4v) is 11.2. The van der Waals surface area contributed by atoms with Crippen LogP contribution >= 0.6 is 11.8 Å². The Morgan fingerprint density at radius 1 is 0.978 bits per heavy atom. The van der Waals surface area contributed by atoms with Crippen molar-refractivity contribution in [3.63, 3.8) is 0 Å². The number of amides is 3. The average Bonchev–Trinajstić information content (AvgIpc) is 3.65. The largest absolute Gasteiger partial charge is 0.394 e. The van der Waals surface area contributed by atoms with Crippen molar-refractivity contribution in [3.8, 4) is 0 Å². The fraction of sp³-hybridized carbons (Fsp3) is 0.500. The van der Waals surface area contributed by atoms with Gasteiger partial charge in [-0.25, -0.2) is 0 Å². The van der Waals surface area contributed by atoms with Crippen LogP contribution in [0.5, 0.6) is 0 Å². The molecule has 3 saturated heterocycles. The topological polar surface area (TPSA) is 81.2 Å². The summed E-state index contributed by atoms with van der Waals surface area (Å²) in [6.07, 6.45) is 10.1. The second kappa shape index (κ2) is 13.4. The predicted molar refractivity (Wildman–Crippen MR) is 183 cm³/mol. The summed E-state index contributed by atoms with van der Waals surface area (Å²) in [5, 5.41) is 10.9. The molecule has 3 amide bonds. The Kier molecular flexibility index (Phi) is 9.49. The molecule has 3 heterocycles. The summed E-state index contributed by atoms with van der Waals surface area (Å²) in [4.78, 5) is 50.3. The minimum absolute atomic E-state index is 0.0674. The first-order valence-electron chi connectivity index (χ1n) is 16.8. The standard InChI is InChI=1S/C38H47N3O4S/c1-4-23-39(25-27-15-9-6-10-16-27)34(43)31-32-35(44)41(30(26-42)28-17-11-7-12-18-28)33(38(32)22-21-37(31,3)46-38)36(45)40(24-5-2)29-19-13-8-14-20-29/h4-7,9-12,15-18,29-33,42H,1-2,8,13-14,19-26H2,3H3/t30-,31+,32+,33?,37-,38?/m1/s1. The summed E-state index contributed by atoms with van der Waals surface area (Å²) in [5.41, 5.74) is 1.80. The molecule has 6 rings (SSSR count). The zero-order chi connectivity index (χ0) is 32.5. The SMILES string of the molecule is C=CCN(Cc1ccccc1)C(=O)[C@@H]1[C@H]2C(=O)N([C@H](CO)c3ccccc3)C(C(=O)N(CC=C)C3CCCCC3)C23CC[C@@]1(C)S3. The Balaban J connectivity index is 1.44. The number of benzene rings is 2. The van der Waals surface area contributed by atoms with Crippen molar-refractivity contribution in [1.82, 2.24) is 14.7 Å². The number of carbonyl (C=O) groups excluding carboxylic acids is 3. The molecule has 2 bridgehead atoms. The molecule has 0 aromatic heterocycles. The van der Waals surface area contributed by atoms with Gasteiger partial charge in [0.2, 0.25) is 17.7 Å². The van der Waals surface area contributed by atoms with Gasteiger partial charge < -0.3 is 19.8 Å². The maximum absolute atomic E-state index is 15.1. The van der Waals surface area contributed by atoms with E-state index in [-0.39, 0.29) is 30.4 Å². The number of fused-ring (bicyclic) bond motifs is 1. The van der Waals surface area contributed by atoms with Gasteiger partial charge in [-0.15, -0.1) is 24.9 Å². The first-order chi connectivity index (χ1) is 22.3. The van der Waals surface area contributed by atoms with Crippen LogP contribution in [-0.4, -0.2) is 78.8 Å². The molecule has 4 aliphatic rings. The highest BCUT2D eigenvalue weighted by Crippen LogP contribution is 2.72. The minimum Gasteiger partial charge on any atom is -0.394 e. The van der Waals surface area contributed by atoms with Crippen molar-refractivity contribution in [2.75, 3.05) is 19.7 Å². The van der Waals surface area contributed by atoms with Crippen LogP contribution < -0.4 is 0 Å². The second-order valence-corrected chi connectivity index (χ2v) is 15.5. The second-order valence-electron chi connectivity index (χ2n) is 13.6. The molecule has 8 heteroatoms. The maximum atomic E-state index is 15.1. The van der Waals surface area contributed by atoms with Gasteiger partial charge >= 0.3 is 0 Å². The third kappa shape index (κ3) is 5.51. The molecule has 1 aliphatic carbocycles. The number of thioether (sulfide) groups is 1. The highest BCUT2D eigenvalue weighted by atomic mass is 32.2. The quantitative estimate of drug-likeness (QED) is 0.298. The first kappa shape index (κ1) is 32.6. The lowest BCUT2D eigenvalue weighted by molar-refractivity contribution is -0.148. The summed E-state index contributed by atoms with van der Waals surface area (Å²) < 4.78 is -1.26. The van der Waals surface area contributed by atoms with Crippen LogP contribution in [0.1, 0.15) is 69.0 Å². The van der Waals surface area contributed by atoms with E-state index < -0.39 is 33.4 Å². The Morgan fingerprint density at radius 2 is 1.63 bits per heavy atom. The number of rotatable bonds is 12. The lowest BCUT2D eigenvalue weighted by Crippen LogP contribution is -2.58.